The van der Waals surface area contributed by atoms with Crippen molar-refractivity contribution in [2.24, 2.45) is 0 Å². The smallest absolute Gasteiger partial charge is 0.271 e. The summed E-state index contributed by atoms with van der Waals surface area (Å²) in [6.07, 6.45) is 1.69. The van der Waals surface area contributed by atoms with Crippen LogP contribution in [0.3, 0.4) is 0 Å². The first-order valence-corrected chi connectivity index (χ1v) is 11.2. The first kappa shape index (κ1) is 24.9. The summed E-state index contributed by atoms with van der Waals surface area (Å²) < 4.78 is 41.1. The summed E-state index contributed by atoms with van der Waals surface area (Å²) in [5.74, 6) is -2.03. The fourth-order valence-corrected chi connectivity index (χ4v) is 3.92. The second-order valence-electron chi connectivity index (χ2n) is 8.04. The molecule has 1 atom stereocenters. The Labute approximate surface area is 210 Å². The minimum absolute atomic E-state index is 0.104. The Morgan fingerprint density at radius 3 is 2.58 bits per heavy atom. The second kappa shape index (κ2) is 10.2. The molecular weight excluding hydrogens is 490 g/mol. The van der Waals surface area contributed by atoms with Crippen molar-refractivity contribution < 1.29 is 23.0 Å². The van der Waals surface area contributed by atoms with Gasteiger partial charge in [-0.1, -0.05) is 23.7 Å². The first-order chi connectivity index (χ1) is 17.2. The molecule has 2 heterocycles. The van der Waals surface area contributed by atoms with E-state index in [1.165, 1.54) is 17.6 Å². The lowest BCUT2D eigenvalue weighted by Crippen LogP contribution is -2.29. The number of hydrogen-bond donors (Lipinski definition) is 1. The van der Waals surface area contributed by atoms with Gasteiger partial charge in [-0.15, -0.1) is 0 Å². The standard InChI is InChI=1S/C26H21ClF2N4O3/c1-14-10-22(36-13-18-19(28)8-9-21(35-3)23(18)29)25-31-15(2)24(33(25)12-14)26(34)32-20(11-30)16-4-6-17(27)7-5-16/h4-10,12,20H,13H2,1-3H3,(H,32,34). The van der Waals surface area contributed by atoms with Crippen LogP contribution in [0, 0.1) is 36.8 Å². The fraction of sp³-hybridized carbons (Fsp3) is 0.192. The molecule has 0 bridgehead atoms. The van der Waals surface area contributed by atoms with E-state index in [1.54, 1.807) is 50.4 Å². The molecule has 0 fully saturated rings. The molecule has 36 heavy (non-hydrogen) atoms. The molecule has 4 aromatic rings. The molecule has 0 radical (unpaired) electrons. The Morgan fingerprint density at radius 1 is 1.19 bits per heavy atom. The number of carbonyl (C=O) groups is 1. The maximum absolute atomic E-state index is 14.6. The summed E-state index contributed by atoms with van der Waals surface area (Å²) in [6.45, 7) is 3.00. The highest BCUT2D eigenvalue weighted by atomic mass is 35.5. The van der Waals surface area contributed by atoms with Gasteiger partial charge >= 0.3 is 0 Å². The largest absolute Gasteiger partial charge is 0.494 e. The van der Waals surface area contributed by atoms with Crippen molar-refractivity contribution >= 4 is 23.2 Å². The van der Waals surface area contributed by atoms with E-state index >= 15 is 0 Å². The highest BCUT2D eigenvalue weighted by Crippen LogP contribution is 2.28. The van der Waals surface area contributed by atoms with Gasteiger partial charge in [0.05, 0.1) is 24.4 Å². The Bertz CT molecular complexity index is 1500. The number of fused-ring (bicyclic) bond motifs is 1. The summed E-state index contributed by atoms with van der Waals surface area (Å²) in [6, 6.07) is 11.7. The molecule has 7 nitrogen and oxygen atoms in total. The van der Waals surface area contributed by atoms with Crippen molar-refractivity contribution in [2.75, 3.05) is 7.11 Å². The Kier molecular flexibility index (Phi) is 7.08. The van der Waals surface area contributed by atoms with Gasteiger partial charge < -0.3 is 14.8 Å². The minimum Gasteiger partial charge on any atom is -0.494 e. The van der Waals surface area contributed by atoms with Crippen LogP contribution < -0.4 is 14.8 Å². The number of nitriles is 1. The normalized spacial score (nSPS) is 11.7. The lowest BCUT2D eigenvalue weighted by molar-refractivity contribution is 0.0938. The topological polar surface area (TPSA) is 88.6 Å². The number of aromatic nitrogens is 2. The molecule has 0 aliphatic heterocycles. The van der Waals surface area contributed by atoms with Crippen LogP contribution >= 0.6 is 11.6 Å². The molecule has 1 N–H and O–H groups in total. The van der Waals surface area contributed by atoms with Crippen molar-refractivity contribution in [3.05, 3.63) is 93.4 Å². The minimum atomic E-state index is -0.917. The second-order valence-corrected chi connectivity index (χ2v) is 8.48. The van der Waals surface area contributed by atoms with Gasteiger partial charge in [-0.25, -0.2) is 13.8 Å². The van der Waals surface area contributed by atoms with Gasteiger partial charge in [0, 0.05) is 11.2 Å². The number of rotatable bonds is 7. The zero-order valence-electron chi connectivity index (χ0n) is 19.6. The number of methoxy groups -OCH3 is 1. The Morgan fingerprint density at radius 2 is 1.92 bits per heavy atom. The maximum atomic E-state index is 14.6. The summed E-state index contributed by atoms with van der Waals surface area (Å²) in [4.78, 5) is 17.7. The molecule has 10 heteroatoms. The molecule has 0 saturated carbocycles. The van der Waals surface area contributed by atoms with E-state index in [0.29, 0.717) is 21.8 Å². The maximum Gasteiger partial charge on any atom is 0.271 e. The van der Waals surface area contributed by atoms with Gasteiger partial charge in [-0.05, 0) is 55.3 Å². The van der Waals surface area contributed by atoms with E-state index in [0.717, 1.165) is 6.07 Å². The van der Waals surface area contributed by atoms with Crippen molar-refractivity contribution in [1.82, 2.24) is 14.7 Å². The van der Waals surface area contributed by atoms with E-state index < -0.39 is 30.2 Å². The van der Waals surface area contributed by atoms with Crippen LogP contribution in [0.1, 0.15) is 38.9 Å². The van der Waals surface area contributed by atoms with E-state index in [2.05, 4.69) is 16.4 Å². The van der Waals surface area contributed by atoms with Crippen LogP contribution in [0.4, 0.5) is 8.78 Å². The van der Waals surface area contributed by atoms with Gasteiger partial charge in [-0.2, -0.15) is 5.26 Å². The average molecular weight is 511 g/mol. The van der Waals surface area contributed by atoms with Crippen molar-refractivity contribution in [1.29, 1.82) is 5.26 Å². The van der Waals surface area contributed by atoms with E-state index in [4.69, 9.17) is 21.1 Å². The number of halogens is 3. The summed E-state index contributed by atoms with van der Waals surface area (Å²) in [5, 5.41) is 12.8. The van der Waals surface area contributed by atoms with E-state index in [9.17, 15) is 18.8 Å². The molecule has 1 amide bonds. The fourth-order valence-electron chi connectivity index (χ4n) is 3.80. The van der Waals surface area contributed by atoms with Crippen LogP contribution in [0.5, 0.6) is 11.5 Å². The van der Waals surface area contributed by atoms with E-state index in [-0.39, 0.29) is 28.4 Å². The van der Waals surface area contributed by atoms with Gasteiger partial charge in [0.2, 0.25) is 0 Å². The summed E-state index contributed by atoms with van der Waals surface area (Å²) in [7, 11) is 1.29. The number of nitrogens with one attached hydrogen (secondary N) is 1. The number of carbonyl (C=O) groups excluding carboxylic acids is 1. The van der Waals surface area contributed by atoms with Gasteiger partial charge in [0.15, 0.2) is 23.0 Å². The van der Waals surface area contributed by atoms with Crippen LogP contribution in [0.2, 0.25) is 5.02 Å². The number of pyridine rings is 1. The molecular formula is C26H21ClF2N4O3. The first-order valence-electron chi connectivity index (χ1n) is 10.8. The van der Waals surface area contributed by atoms with Crippen LogP contribution in [0.25, 0.3) is 5.65 Å². The van der Waals surface area contributed by atoms with E-state index in [1.807, 2.05) is 0 Å². The van der Waals surface area contributed by atoms with Crippen molar-refractivity contribution in [2.45, 2.75) is 26.5 Å². The zero-order chi connectivity index (χ0) is 26.0. The predicted octanol–water partition coefficient (Wildman–Crippen LogP) is 5.47. The van der Waals surface area contributed by atoms with Crippen LogP contribution in [0.15, 0.2) is 48.7 Å². The summed E-state index contributed by atoms with van der Waals surface area (Å²) >= 11 is 5.92. The monoisotopic (exact) mass is 510 g/mol. The number of hydrogen-bond acceptors (Lipinski definition) is 5. The molecule has 1 unspecified atom stereocenters. The number of aryl methyl sites for hydroxylation is 2. The Balaban J connectivity index is 1.66. The molecule has 2 aromatic carbocycles. The highest BCUT2D eigenvalue weighted by molar-refractivity contribution is 6.30. The third kappa shape index (κ3) is 4.81. The predicted molar refractivity (Wildman–Crippen MR) is 129 cm³/mol. The number of ether oxygens (including phenoxy) is 2. The van der Waals surface area contributed by atoms with Crippen LogP contribution in [-0.4, -0.2) is 22.4 Å². The quantitative estimate of drug-likeness (QED) is 0.356. The van der Waals surface area contributed by atoms with Gasteiger partial charge in [0.25, 0.3) is 5.91 Å². The molecule has 184 valence electrons. The SMILES string of the molecule is COc1ccc(F)c(COc2cc(C)cn3c(C(=O)NC(C#N)c4ccc(Cl)cc4)c(C)nc23)c1F. The molecule has 0 aliphatic carbocycles. The number of benzene rings is 2. The molecule has 0 spiro atoms. The highest BCUT2D eigenvalue weighted by Gasteiger charge is 2.23. The number of amides is 1. The van der Waals surface area contributed by atoms with Crippen molar-refractivity contribution in [3.8, 4) is 17.6 Å². The van der Waals surface area contributed by atoms with Crippen molar-refractivity contribution in [3.63, 3.8) is 0 Å². The van der Waals surface area contributed by atoms with Gasteiger partial charge in [0.1, 0.15) is 24.2 Å². The average Bonchev–Trinajstić information content (AvgIpc) is 3.18. The Hall–Kier alpha value is -4.16. The molecule has 2 aromatic heterocycles. The number of imidazole rings is 1. The lowest BCUT2D eigenvalue weighted by atomic mass is 10.1. The third-order valence-corrected chi connectivity index (χ3v) is 5.81. The third-order valence-electron chi connectivity index (χ3n) is 5.56. The zero-order valence-corrected chi connectivity index (χ0v) is 20.4. The lowest BCUT2D eigenvalue weighted by Gasteiger charge is -2.14. The molecule has 4 rings (SSSR count). The van der Waals surface area contributed by atoms with Gasteiger partial charge in [-0.3, -0.25) is 9.20 Å². The molecule has 0 aliphatic rings. The summed E-state index contributed by atoms with van der Waals surface area (Å²) in [5.41, 5.74) is 1.86. The number of nitrogens with zero attached hydrogens (tertiary/aromatic N) is 3. The molecule has 0 saturated heterocycles. The van der Waals surface area contributed by atoms with Crippen LogP contribution in [-0.2, 0) is 6.61 Å².